The van der Waals surface area contributed by atoms with Gasteiger partial charge in [0, 0.05) is 24.3 Å². The fourth-order valence-corrected chi connectivity index (χ4v) is 2.19. The molecule has 0 saturated heterocycles. The maximum atomic E-state index is 11.6. The lowest BCUT2D eigenvalue weighted by molar-refractivity contribution is -0.126. The zero-order chi connectivity index (χ0) is 15.7. The van der Waals surface area contributed by atoms with Gasteiger partial charge in [-0.2, -0.15) is 0 Å². The number of thioether (sulfide) groups is 1. The summed E-state index contributed by atoms with van der Waals surface area (Å²) in [5.74, 6) is 0.836. The molecule has 6 heteroatoms. The first-order valence-corrected chi connectivity index (χ1v) is 7.91. The van der Waals surface area contributed by atoms with Gasteiger partial charge in [-0.15, -0.1) is 11.8 Å². The quantitative estimate of drug-likeness (QED) is 0.507. The van der Waals surface area contributed by atoms with Crippen LogP contribution in [0.3, 0.4) is 0 Å². The Labute approximate surface area is 129 Å². The van der Waals surface area contributed by atoms with Crippen molar-refractivity contribution in [2.45, 2.75) is 31.6 Å². The topological polar surface area (TPSA) is 78.4 Å². The van der Waals surface area contributed by atoms with Gasteiger partial charge in [0.15, 0.2) is 0 Å². The predicted octanol–water partition coefficient (Wildman–Crippen LogP) is 2.11. The summed E-state index contributed by atoms with van der Waals surface area (Å²) in [6.45, 7) is 4.68. The number of phenols is 1. The van der Waals surface area contributed by atoms with E-state index in [4.69, 9.17) is 5.11 Å². The first-order valence-electron chi connectivity index (χ1n) is 6.92. The average Bonchev–Trinajstić information content (AvgIpc) is 2.45. The Morgan fingerprint density at radius 1 is 1.10 bits per heavy atom. The Kier molecular flexibility index (Phi) is 7.68. The van der Waals surface area contributed by atoms with Gasteiger partial charge >= 0.3 is 0 Å². The second-order valence-corrected chi connectivity index (χ2v) is 6.13. The molecule has 1 rings (SSSR count). The van der Waals surface area contributed by atoms with Crippen molar-refractivity contribution in [3.05, 3.63) is 24.3 Å². The number of rotatable bonds is 8. The van der Waals surface area contributed by atoms with Crippen LogP contribution < -0.4 is 10.6 Å². The van der Waals surface area contributed by atoms with Crippen molar-refractivity contribution in [3.8, 4) is 5.75 Å². The normalized spacial score (nSPS) is 10.4. The first-order chi connectivity index (χ1) is 9.97. The van der Waals surface area contributed by atoms with Gasteiger partial charge in [-0.1, -0.05) is 13.8 Å². The van der Waals surface area contributed by atoms with Crippen molar-refractivity contribution in [2.75, 3.05) is 12.4 Å². The molecule has 2 amide bonds. The van der Waals surface area contributed by atoms with E-state index >= 15 is 0 Å². The van der Waals surface area contributed by atoms with E-state index in [1.54, 1.807) is 24.3 Å². The van der Waals surface area contributed by atoms with Crippen molar-refractivity contribution in [2.24, 2.45) is 5.92 Å². The van der Waals surface area contributed by atoms with Crippen LogP contribution in [0.25, 0.3) is 0 Å². The molecule has 0 heterocycles. The first kappa shape index (κ1) is 17.4. The van der Waals surface area contributed by atoms with Crippen LogP contribution in [0.1, 0.15) is 26.7 Å². The highest BCUT2D eigenvalue weighted by atomic mass is 32.2. The number of hydrogen-bond acceptors (Lipinski definition) is 4. The number of benzene rings is 1. The molecule has 116 valence electrons. The third-order valence-electron chi connectivity index (χ3n) is 2.63. The molecule has 0 bridgehead atoms. The van der Waals surface area contributed by atoms with E-state index in [1.165, 1.54) is 11.8 Å². The van der Waals surface area contributed by atoms with Gasteiger partial charge in [0.05, 0.1) is 5.88 Å². The van der Waals surface area contributed by atoms with Crippen molar-refractivity contribution >= 4 is 23.6 Å². The van der Waals surface area contributed by atoms with Gasteiger partial charge in [0.25, 0.3) is 0 Å². The van der Waals surface area contributed by atoms with Crippen LogP contribution in [0.5, 0.6) is 5.75 Å². The minimum Gasteiger partial charge on any atom is -0.508 e. The van der Waals surface area contributed by atoms with E-state index in [2.05, 4.69) is 10.6 Å². The zero-order valence-electron chi connectivity index (χ0n) is 12.4. The van der Waals surface area contributed by atoms with Crippen LogP contribution in [-0.4, -0.2) is 29.3 Å². The molecule has 1 aromatic carbocycles. The Morgan fingerprint density at radius 2 is 1.67 bits per heavy atom. The molecular formula is C15H22N2O3S. The van der Waals surface area contributed by atoms with Crippen LogP contribution in [-0.2, 0) is 9.59 Å². The molecule has 0 saturated carbocycles. The molecule has 0 fully saturated rings. The highest BCUT2D eigenvalue weighted by Crippen LogP contribution is 2.19. The van der Waals surface area contributed by atoms with Crippen LogP contribution >= 0.6 is 11.8 Å². The standard InChI is InChI=1S/C15H22N2O3S/c1-11(2)9-16-14(19)7-8-15(20)17-10-21-13-5-3-12(18)4-6-13/h3-6,11,18H,7-10H2,1-2H3,(H,16,19)(H,17,20). The van der Waals surface area contributed by atoms with Gasteiger partial charge < -0.3 is 15.7 Å². The van der Waals surface area contributed by atoms with E-state index in [0.29, 0.717) is 18.3 Å². The molecule has 21 heavy (non-hydrogen) atoms. The van der Waals surface area contributed by atoms with Crippen molar-refractivity contribution in [3.63, 3.8) is 0 Å². The maximum Gasteiger partial charge on any atom is 0.221 e. The molecule has 0 aromatic heterocycles. The van der Waals surface area contributed by atoms with Gasteiger partial charge in [-0.25, -0.2) is 0 Å². The Bertz CT molecular complexity index is 460. The fraction of sp³-hybridized carbons (Fsp3) is 0.467. The Hall–Kier alpha value is -1.69. The maximum absolute atomic E-state index is 11.6. The average molecular weight is 310 g/mol. The highest BCUT2D eigenvalue weighted by molar-refractivity contribution is 7.99. The van der Waals surface area contributed by atoms with E-state index in [0.717, 1.165) is 4.90 Å². The number of phenolic OH excluding ortho intramolecular Hbond substituents is 1. The third-order valence-corrected chi connectivity index (χ3v) is 3.53. The molecule has 5 nitrogen and oxygen atoms in total. The molecule has 0 spiro atoms. The largest absolute Gasteiger partial charge is 0.508 e. The molecule has 0 unspecified atom stereocenters. The summed E-state index contributed by atoms with van der Waals surface area (Å²) >= 11 is 1.46. The summed E-state index contributed by atoms with van der Waals surface area (Å²) in [5.41, 5.74) is 0. The number of carbonyl (C=O) groups is 2. The van der Waals surface area contributed by atoms with Crippen LogP contribution in [0.4, 0.5) is 0 Å². The Morgan fingerprint density at radius 3 is 2.24 bits per heavy atom. The molecule has 0 aliphatic carbocycles. The minimum atomic E-state index is -0.138. The van der Waals surface area contributed by atoms with Crippen LogP contribution in [0.15, 0.2) is 29.2 Å². The summed E-state index contributed by atoms with van der Waals surface area (Å²) in [6, 6.07) is 6.77. The zero-order valence-corrected chi connectivity index (χ0v) is 13.2. The van der Waals surface area contributed by atoms with E-state index < -0.39 is 0 Å². The number of amides is 2. The predicted molar refractivity (Wildman–Crippen MR) is 84.1 cm³/mol. The second-order valence-electron chi connectivity index (χ2n) is 5.08. The molecule has 0 aliphatic rings. The number of hydrogen-bond donors (Lipinski definition) is 3. The summed E-state index contributed by atoms with van der Waals surface area (Å²) in [6.07, 6.45) is 0.405. The third kappa shape index (κ3) is 8.24. The van der Waals surface area contributed by atoms with Gasteiger partial charge in [-0.3, -0.25) is 9.59 Å². The summed E-state index contributed by atoms with van der Waals surface area (Å²) < 4.78 is 0. The lowest BCUT2D eigenvalue weighted by Gasteiger charge is -2.08. The van der Waals surface area contributed by atoms with E-state index in [9.17, 15) is 9.59 Å². The van der Waals surface area contributed by atoms with Crippen LogP contribution in [0.2, 0.25) is 0 Å². The van der Waals surface area contributed by atoms with Crippen molar-refractivity contribution in [1.82, 2.24) is 10.6 Å². The molecule has 0 radical (unpaired) electrons. The number of nitrogens with one attached hydrogen (secondary N) is 2. The second kappa shape index (κ2) is 9.28. The van der Waals surface area contributed by atoms with Gasteiger partial charge in [0.1, 0.15) is 5.75 Å². The Balaban J connectivity index is 2.13. The molecular weight excluding hydrogens is 288 g/mol. The van der Waals surface area contributed by atoms with Crippen molar-refractivity contribution in [1.29, 1.82) is 0 Å². The van der Waals surface area contributed by atoms with E-state index in [-0.39, 0.29) is 30.4 Å². The van der Waals surface area contributed by atoms with Gasteiger partial charge in [0.2, 0.25) is 11.8 Å². The fourth-order valence-electron chi connectivity index (χ4n) is 1.46. The van der Waals surface area contributed by atoms with Crippen LogP contribution in [0, 0.1) is 5.92 Å². The van der Waals surface area contributed by atoms with Crippen molar-refractivity contribution < 1.29 is 14.7 Å². The molecule has 0 atom stereocenters. The van der Waals surface area contributed by atoms with Gasteiger partial charge in [-0.05, 0) is 30.2 Å². The summed E-state index contributed by atoms with van der Waals surface area (Å²) in [4.78, 5) is 24.0. The molecule has 0 aliphatic heterocycles. The van der Waals surface area contributed by atoms with E-state index in [1.807, 2.05) is 13.8 Å². The molecule has 1 aromatic rings. The monoisotopic (exact) mass is 310 g/mol. The highest BCUT2D eigenvalue weighted by Gasteiger charge is 2.07. The number of carbonyl (C=O) groups excluding carboxylic acids is 2. The lowest BCUT2D eigenvalue weighted by atomic mass is 10.2. The molecule has 3 N–H and O–H groups in total. The summed E-state index contributed by atoms with van der Waals surface area (Å²) in [7, 11) is 0. The minimum absolute atomic E-state index is 0.0926. The smallest absolute Gasteiger partial charge is 0.221 e. The number of aromatic hydroxyl groups is 1. The summed E-state index contributed by atoms with van der Waals surface area (Å²) in [5, 5.41) is 14.7. The lowest BCUT2D eigenvalue weighted by Crippen LogP contribution is -2.29. The SMILES string of the molecule is CC(C)CNC(=O)CCC(=O)NCSc1ccc(O)cc1.